The molecule has 158 valence electrons. The molecule has 0 radical (unpaired) electrons. The number of ether oxygens (including phenoxy) is 1. The molecule has 3 aromatic rings. The second-order valence-electron chi connectivity index (χ2n) is 7.45. The van der Waals surface area contributed by atoms with Gasteiger partial charge in [-0.1, -0.05) is 49.4 Å². The van der Waals surface area contributed by atoms with Crippen LogP contribution in [0.1, 0.15) is 29.4 Å². The smallest absolute Gasteiger partial charge is 0.141 e. The van der Waals surface area contributed by atoms with Crippen LogP contribution >= 0.6 is 0 Å². The molecule has 1 aliphatic rings. The van der Waals surface area contributed by atoms with E-state index in [2.05, 4.69) is 6.07 Å². The zero-order valence-electron chi connectivity index (χ0n) is 17.2. The number of methoxy groups -OCH3 is 1. The van der Waals surface area contributed by atoms with E-state index in [0.29, 0.717) is 34.8 Å². The van der Waals surface area contributed by atoms with Crippen LogP contribution in [0.15, 0.2) is 60.8 Å². The zero-order chi connectivity index (χ0) is 22.2. The number of allylic oxidation sites excluding steroid dienone is 3. The quantitative estimate of drug-likeness (QED) is 0.671. The van der Waals surface area contributed by atoms with Gasteiger partial charge >= 0.3 is 0 Å². The first-order chi connectivity index (χ1) is 14.9. The normalized spacial score (nSPS) is 19.9. The Bertz CT molecular complexity index is 1240. The summed E-state index contributed by atoms with van der Waals surface area (Å²) in [6.07, 6.45) is 7.07. The summed E-state index contributed by atoms with van der Waals surface area (Å²) in [6, 6.07) is 9.86. The van der Waals surface area contributed by atoms with Gasteiger partial charge in [0.05, 0.1) is 18.3 Å². The lowest BCUT2D eigenvalue weighted by Gasteiger charge is -2.38. The molecule has 2 heterocycles. The molecule has 3 atom stereocenters. The average Bonchev–Trinajstić information content (AvgIpc) is 3.16. The number of fused-ring (bicyclic) bond motifs is 1. The second kappa shape index (κ2) is 7.97. The number of hydrogen-bond donors (Lipinski definition) is 1. The number of hydrogen-bond acceptors (Lipinski definition) is 4. The third-order valence-corrected chi connectivity index (χ3v) is 5.80. The van der Waals surface area contributed by atoms with E-state index in [1.54, 1.807) is 53.1 Å². The van der Waals surface area contributed by atoms with Crippen LogP contribution in [0.3, 0.4) is 0 Å². The van der Waals surface area contributed by atoms with Crippen molar-refractivity contribution in [1.29, 1.82) is 5.26 Å². The van der Waals surface area contributed by atoms with Gasteiger partial charge < -0.3 is 14.9 Å². The molecular formula is C24H22F2N4O. The maximum absolute atomic E-state index is 15.1. The molecule has 3 unspecified atom stereocenters. The molecule has 0 spiro atoms. The van der Waals surface area contributed by atoms with Crippen molar-refractivity contribution in [2.45, 2.75) is 25.1 Å². The number of pyridine rings is 1. The first-order valence-electron chi connectivity index (χ1n) is 9.98. The maximum atomic E-state index is 15.1. The summed E-state index contributed by atoms with van der Waals surface area (Å²) in [4.78, 5) is 4.72. The van der Waals surface area contributed by atoms with Crippen LogP contribution in [-0.4, -0.2) is 22.7 Å². The fourth-order valence-corrected chi connectivity index (χ4v) is 4.29. The number of rotatable bonds is 5. The number of imidazole rings is 1. The zero-order valence-corrected chi connectivity index (χ0v) is 17.2. The number of aryl methyl sites for hydroxylation is 1. The number of benzene rings is 1. The Labute approximate surface area is 179 Å². The van der Waals surface area contributed by atoms with Gasteiger partial charge in [-0.2, -0.15) is 5.26 Å². The van der Waals surface area contributed by atoms with Crippen LogP contribution in [0.25, 0.3) is 5.65 Å². The van der Waals surface area contributed by atoms with E-state index in [-0.39, 0.29) is 5.56 Å². The average molecular weight is 420 g/mol. The van der Waals surface area contributed by atoms with E-state index in [4.69, 9.17) is 15.5 Å². The SMILES string of the molecule is CCc1c(C(N)(c2ccccc2F)C2C=CC=CC2F)nc2cc(OC)c(C#N)cn12. The molecule has 0 aliphatic heterocycles. The van der Waals surface area contributed by atoms with Gasteiger partial charge in [-0.15, -0.1) is 0 Å². The molecular weight excluding hydrogens is 398 g/mol. The molecule has 0 bridgehead atoms. The highest BCUT2D eigenvalue weighted by atomic mass is 19.1. The van der Waals surface area contributed by atoms with Crippen molar-refractivity contribution in [1.82, 2.24) is 9.38 Å². The van der Waals surface area contributed by atoms with E-state index in [0.717, 1.165) is 0 Å². The van der Waals surface area contributed by atoms with Crippen LogP contribution in [0.2, 0.25) is 0 Å². The van der Waals surface area contributed by atoms with Gasteiger partial charge in [-0.3, -0.25) is 0 Å². The lowest BCUT2D eigenvalue weighted by atomic mass is 9.72. The predicted octanol–water partition coefficient (Wildman–Crippen LogP) is 4.20. The van der Waals surface area contributed by atoms with Crippen molar-refractivity contribution in [3.8, 4) is 11.8 Å². The molecule has 5 nitrogen and oxygen atoms in total. The minimum Gasteiger partial charge on any atom is -0.495 e. The highest BCUT2D eigenvalue weighted by Gasteiger charge is 2.46. The summed E-state index contributed by atoms with van der Waals surface area (Å²) in [5, 5.41) is 9.49. The number of nitrogens with zero attached hydrogens (tertiary/aromatic N) is 3. The van der Waals surface area contributed by atoms with E-state index >= 15 is 8.78 Å². The van der Waals surface area contributed by atoms with Gasteiger partial charge in [0.2, 0.25) is 0 Å². The molecule has 0 saturated carbocycles. The van der Waals surface area contributed by atoms with Crippen LogP contribution in [-0.2, 0) is 12.0 Å². The van der Waals surface area contributed by atoms with Crippen molar-refractivity contribution < 1.29 is 13.5 Å². The van der Waals surface area contributed by atoms with Gasteiger partial charge in [-0.25, -0.2) is 13.8 Å². The largest absolute Gasteiger partial charge is 0.495 e. The molecule has 0 amide bonds. The molecule has 1 aliphatic carbocycles. The molecule has 2 N–H and O–H groups in total. The Morgan fingerprint density at radius 2 is 2.03 bits per heavy atom. The number of alkyl halides is 1. The van der Waals surface area contributed by atoms with Gasteiger partial charge in [0.25, 0.3) is 0 Å². The monoisotopic (exact) mass is 420 g/mol. The fourth-order valence-electron chi connectivity index (χ4n) is 4.29. The fraction of sp³-hybridized carbons (Fsp3) is 0.250. The molecule has 1 aromatic carbocycles. The Morgan fingerprint density at radius 1 is 1.29 bits per heavy atom. The molecule has 2 aromatic heterocycles. The van der Waals surface area contributed by atoms with Crippen LogP contribution in [0.5, 0.6) is 5.75 Å². The lowest BCUT2D eigenvalue weighted by Crippen LogP contribution is -2.50. The Hall–Kier alpha value is -3.50. The number of halogens is 2. The highest BCUT2D eigenvalue weighted by molar-refractivity contribution is 5.57. The number of aromatic nitrogens is 2. The predicted molar refractivity (Wildman–Crippen MR) is 114 cm³/mol. The van der Waals surface area contributed by atoms with Gasteiger partial charge in [0.15, 0.2) is 0 Å². The van der Waals surface area contributed by atoms with Crippen molar-refractivity contribution in [3.63, 3.8) is 0 Å². The summed E-state index contributed by atoms with van der Waals surface area (Å²) in [6.45, 7) is 1.91. The number of nitriles is 1. The van der Waals surface area contributed by atoms with Crippen molar-refractivity contribution in [2.24, 2.45) is 11.7 Å². The topological polar surface area (TPSA) is 76.3 Å². The molecule has 0 saturated heterocycles. The van der Waals surface area contributed by atoms with Gasteiger partial charge in [-0.05, 0) is 12.5 Å². The minimum atomic E-state index is -1.58. The van der Waals surface area contributed by atoms with E-state index in [9.17, 15) is 5.26 Å². The van der Waals surface area contributed by atoms with Crippen molar-refractivity contribution in [2.75, 3.05) is 7.11 Å². The summed E-state index contributed by atoms with van der Waals surface area (Å²) >= 11 is 0. The van der Waals surface area contributed by atoms with Crippen molar-refractivity contribution >= 4 is 5.65 Å². The Morgan fingerprint density at radius 3 is 2.68 bits per heavy atom. The Balaban J connectivity index is 2.06. The molecule has 7 heteroatoms. The van der Waals surface area contributed by atoms with Gasteiger partial charge in [0, 0.05) is 29.4 Å². The summed E-state index contributed by atoms with van der Waals surface area (Å²) in [5.74, 6) is -1.04. The van der Waals surface area contributed by atoms with E-state index in [1.807, 2.05) is 6.92 Å². The first-order valence-corrected chi connectivity index (χ1v) is 9.98. The Kier molecular flexibility index (Phi) is 5.34. The molecule has 0 fully saturated rings. The third kappa shape index (κ3) is 3.20. The first kappa shape index (κ1) is 20.8. The molecule has 4 rings (SSSR count). The summed E-state index contributed by atoms with van der Waals surface area (Å²) < 4.78 is 37.2. The minimum absolute atomic E-state index is 0.160. The number of nitrogens with two attached hydrogens (primary N) is 1. The van der Waals surface area contributed by atoms with E-state index < -0.39 is 23.4 Å². The van der Waals surface area contributed by atoms with Crippen LogP contribution in [0, 0.1) is 23.1 Å². The standard InChI is InChI=1S/C24H22F2N4O/c1-3-20-23(29-22-12-21(31-2)15(13-27)14-30(20)22)24(28,16-8-4-6-10-18(16)25)17-9-5-7-11-19(17)26/h4-12,14,16,18H,3,28H2,1-2H3. The second-order valence-corrected chi connectivity index (χ2v) is 7.45. The van der Waals surface area contributed by atoms with Crippen LogP contribution in [0.4, 0.5) is 8.78 Å². The third-order valence-electron chi connectivity index (χ3n) is 5.80. The highest BCUT2D eigenvalue weighted by Crippen LogP contribution is 2.42. The van der Waals surface area contributed by atoms with E-state index in [1.165, 1.54) is 19.3 Å². The lowest BCUT2D eigenvalue weighted by molar-refractivity contribution is 0.231. The summed E-state index contributed by atoms with van der Waals surface area (Å²) in [7, 11) is 1.47. The maximum Gasteiger partial charge on any atom is 0.141 e. The van der Waals surface area contributed by atoms with Crippen LogP contribution < -0.4 is 10.5 Å². The van der Waals surface area contributed by atoms with Gasteiger partial charge in [0.1, 0.15) is 35.0 Å². The summed E-state index contributed by atoms with van der Waals surface area (Å²) in [5.41, 5.74) is 7.38. The molecule has 31 heavy (non-hydrogen) atoms. The van der Waals surface area contributed by atoms with Crippen molar-refractivity contribution in [3.05, 3.63) is 89.2 Å².